The minimum atomic E-state index is -3.78. The number of aliphatic hydroxyl groups is 1. The molecule has 5 rings (SSSR count). The first-order valence-corrected chi connectivity index (χ1v) is 12.6. The van der Waals surface area contributed by atoms with Gasteiger partial charge < -0.3 is 20.1 Å². The van der Waals surface area contributed by atoms with Crippen molar-refractivity contribution in [2.24, 2.45) is 5.92 Å². The van der Waals surface area contributed by atoms with E-state index in [1.807, 2.05) is 19.2 Å². The summed E-state index contributed by atoms with van der Waals surface area (Å²) in [7, 11) is 0. The van der Waals surface area contributed by atoms with E-state index in [2.05, 4.69) is 25.4 Å². The lowest BCUT2D eigenvalue weighted by molar-refractivity contribution is -0.170. The summed E-state index contributed by atoms with van der Waals surface area (Å²) < 4.78 is 50.7. The van der Waals surface area contributed by atoms with E-state index in [0.717, 1.165) is 57.0 Å². The van der Waals surface area contributed by atoms with Crippen LogP contribution >= 0.6 is 0 Å². The third kappa shape index (κ3) is 4.61. The molecule has 0 radical (unpaired) electrons. The molecule has 3 atom stereocenters. The normalized spacial score (nSPS) is 21.2. The van der Waals surface area contributed by atoms with Crippen LogP contribution in [0.3, 0.4) is 0 Å². The molecule has 0 amide bonds. The zero-order valence-electron chi connectivity index (χ0n) is 21.4. The van der Waals surface area contributed by atoms with Crippen LogP contribution in [0.15, 0.2) is 30.5 Å². The molecule has 2 saturated heterocycles. The number of halogens is 3. The minimum absolute atomic E-state index is 0.0304. The van der Waals surface area contributed by atoms with Gasteiger partial charge in [-0.05, 0) is 58.6 Å². The Balaban J connectivity index is 1.49. The molecule has 2 N–H and O–H groups in total. The Kier molecular flexibility index (Phi) is 6.52. The molecule has 10 heteroatoms. The zero-order valence-corrected chi connectivity index (χ0v) is 21.4. The number of aromatic nitrogens is 3. The van der Waals surface area contributed by atoms with E-state index in [-0.39, 0.29) is 11.6 Å². The number of fused-ring (bicyclic) bond motifs is 3. The number of alkyl halides is 2. The average Bonchev–Trinajstić information content (AvgIpc) is 3.09. The summed E-state index contributed by atoms with van der Waals surface area (Å²) in [4.78, 5) is 6.99. The van der Waals surface area contributed by atoms with Crippen LogP contribution < -0.4 is 10.2 Å². The number of hydrogen-bond donors (Lipinski definition) is 2. The topological polar surface area (TPSA) is 83.4 Å². The van der Waals surface area contributed by atoms with Crippen LogP contribution in [0.5, 0.6) is 0 Å². The van der Waals surface area contributed by atoms with Crippen molar-refractivity contribution >= 4 is 22.4 Å². The van der Waals surface area contributed by atoms with Crippen LogP contribution in [0.4, 0.5) is 24.7 Å². The summed E-state index contributed by atoms with van der Waals surface area (Å²) in [5, 5.41) is 22.3. The monoisotopic (exact) mass is 515 g/mol. The van der Waals surface area contributed by atoms with Crippen LogP contribution in [-0.2, 0) is 10.7 Å². The van der Waals surface area contributed by atoms with Crippen molar-refractivity contribution in [3.8, 4) is 0 Å². The van der Waals surface area contributed by atoms with E-state index < -0.39 is 28.9 Å². The Hall–Kier alpha value is -2.98. The molecule has 2 fully saturated rings. The highest BCUT2D eigenvalue weighted by Gasteiger charge is 2.49. The number of nitrogens with zero attached hydrogens (tertiary/aromatic N) is 4. The standard InChI is InChI=1S/C27H32F3N5O2/c1-15(20-6-5-7-22(23(20)28)27(29,30)26(3,4)36)32-25-21-11-18(12-31-24(21)16(2)33-34-25)35-13-17-8-9-37-14-19(35)10-17/h5-7,11-12,15,17,19,36H,8-10,13-14H2,1-4H3,(H,32,34)/t15-,17?,19?/m1/s1. The highest BCUT2D eigenvalue weighted by atomic mass is 19.3. The summed E-state index contributed by atoms with van der Waals surface area (Å²) in [5.41, 5.74) is -0.991. The number of aryl methyl sites for hydroxylation is 1. The lowest BCUT2D eigenvalue weighted by atomic mass is 9.91. The minimum Gasteiger partial charge on any atom is -0.384 e. The molecule has 3 aromatic rings. The smallest absolute Gasteiger partial charge is 0.303 e. The molecule has 2 bridgehead atoms. The molecule has 2 unspecified atom stereocenters. The third-order valence-corrected chi connectivity index (χ3v) is 7.54. The highest BCUT2D eigenvalue weighted by molar-refractivity contribution is 5.92. The lowest BCUT2D eigenvalue weighted by Crippen LogP contribution is -2.41. The summed E-state index contributed by atoms with van der Waals surface area (Å²) >= 11 is 0. The Bertz CT molecular complexity index is 1310. The van der Waals surface area contributed by atoms with Gasteiger partial charge in [-0.25, -0.2) is 4.39 Å². The number of ether oxygens (including phenoxy) is 1. The largest absolute Gasteiger partial charge is 0.384 e. The summed E-state index contributed by atoms with van der Waals surface area (Å²) in [6.45, 7) is 7.81. The third-order valence-electron chi connectivity index (χ3n) is 7.54. The zero-order chi connectivity index (χ0) is 26.5. The van der Waals surface area contributed by atoms with Crippen LogP contribution in [0, 0.1) is 18.7 Å². The molecule has 0 spiro atoms. The SMILES string of the molecule is Cc1nnc(N[C@H](C)c2cccc(C(F)(F)C(C)(C)O)c2F)c2cc(N3CC4CCOCC3C4)cnc12. The van der Waals surface area contributed by atoms with Crippen molar-refractivity contribution in [1.82, 2.24) is 15.2 Å². The Morgan fingerprint density at radius 2 is 2.03 bits per heavy atom. The molecule has 1 aromatic carbocycles. The molecule has 37 heavy (non-hydrogen) atoms. The van der Waals surface area contributed by atoms with Gasteiger partial charge in [0.05, 0.1) is 47.3 Å². The van der Waals surface area contributed by atoms with Crippen LogP contribution in [0.25, 0.3) is 10.9 Å². The quantitative estimate of drug-likeness (QED) is 0.471. The molecule has 198 valence electrons. The van der Waals surface area contributed by atoms with E-state index in [1.165, 1.54) is 12.1 Å². The van der Waals surface area contributed by atoms with Crippen molar-refractivity contribution in [1.29, 1.82) is 0 Å². The van der Waals surface area contributed by atoms with Gasteiger partial charge in [-0.2, -0.15) is 13.9 Å². The second-order valence-corrected chi connectivity index (χ2v) is 10.7. The van der Waals surface area contributed by atoms with Gasteiger partial charge in [0.2, 0.25) is 0 Å². The van der Waals surface area contributed by atoms with E-state index in [4.69, 9.17) is 4.74 Å². The van der Waals surface area contributed by atoms with E-state index in [0.29, 0.717) is 29.6 Å². The van der Waals surface area contributed by atoms with Gasteiger partial charge >= 0.3 is 5.92 Å². The number of rotatable bonds is 6. The number of benzene rings is 1. The first kappa shape index (κ1) is 25.7. The van der Waals surface area contributed by atoms with Gasteiger partial charge in [-0.3, -0.25) is 4.98 Å². The van der Waals surface area contributed by atoms with Crippen molar-refractivity contribution in [3.63, 3.8) is 0 Å². The van der Waals surface area contributed by atoms with Gasteiger partial charge in [-0.1, -0.05) is 12.1 Å². The van der Waals surface area contributed by atoms with Crippen molar-refractivity contribution in [2.75, 3.05) is 30.0 Å². The number of nitrogens with one attached hydrogen (secondary N) is 1. The molecule has 2 aliphatic rings. The van der Waals surface area contributed by atoms with Gasteiger partial charge in [0.25, 0.3) is 0 Å². The maximum atomic E-state index is 15.4. The molecule has 2 aromatic heterocycles. The molecular weight excluding hydrogens is 483 g/mol. The van der Waals surface area contributed by atoms with Gasteiger partial charge in [0.15, 0.2) is 5.82 Å². The maximum absolute atomic E-state index is 15.4. The lowest BCUT2D eigenvalue weighted by Gasteiger charge is -2.30. The number of hydrogen-bond acceptors (Lipinski definition) is 7. The van der Waals surface area contributed by atoms with Crippen molar-refractivity contribution in [3.05, 3.63) is 53.1 Å². The fourth-order valence-electron chi connectivity index (χ4n) is 5.32. The van der Waals surface area contributed by atoms with E-state index in [9.17, 15) is 13.9 Å². The summed E-state index contributed by atoms with van der Waals surface area (Å²) in [6.07, 6.45) is 3.96. The molecule has 0 saturated carbocycles. The van der Waals surface area contributed by atoms with Crippen LogP contribution in [-0.4, -0.2) is 51.7 Å². The Morgan fingerprint density at radius 3 is 2.78 bits per heavy atom. The highest BCUT2D eigenvalue weighted by Crippen LogP contribution is 2.41. The molecule has 2 aliphatic heterocycles. The Morgan fingerprint density at radius 1 is 1.24 bits per heavy atom. The number of anilines is 2. The molecule has 0 aliphatic carbocycles. The second-order valence-electron chi connectivity index (χ2n) is 10.7. The molecule has 4 heterocycles. The fourth-order valence-corrected chi connectivity index (χ4v) is 5.32. The molecule has 7 nitrogen and oxygen atoms in total. The van der Waals surface area contributed by atoms with Crippen molar-refractivity contribution < 1.29 is 23.0 Å². The maximum Gasteiger partial charge on any atom is 0.303 e. The van der Waals surface area contributed by atoms with Crippen LogP contribution in [0.1, 0.15) is 56.5 Å². The summed E-state index contributed by atoms with van der Waals surface area (Å²) in [6, 6.07) is 5.37. The van der Waals surface area contributed by atoms with Gasteiger partial charge in [0, 0.05) is 24.1 Å². The average molecular weight is 516 g/mol. The first-order chi connectivity index (χ1) is 17.5. The molecular formula is C27H32F3N5O2. The number of pyridine rings is 1. The van der Waals surface area contributed by atoms with Gasteiger partial charge in [-0.15, -0.1) is 5.10 Å². The summed E-state index contributed by atoms with van der Waals surface area (Å²) in [5.74, 6) is -3.89. The first-order valence-electron chi connectivity index (χ1n) is 12.6. The van der Waals surface area contributed by atoms with E-state index in [1.54, 1.807) is 6.92 Å². The van der Waals surface area contributed by atoms with E-state index >= 15 is 4.39 Å². The predicted octanol–water partition coefficient (Wildman–Crippen LogP) is 5.12. The predicted molar refractivity (Wildman–Crippen MR) is 135 cm³/mol. The Labute approximate surface area is 214 Å². The van der Waals surface area contributed by atoms with Crippen LogP contribution in [0.2, 0.25) is 0 Å². The van der Waals surface area contributed by atoms with Crippen molar-refractivity contribution in [2.45, 2.75) is 64.1 Å². The fraction of sp³-hybridized carbons (Fsp3) is 0.519. The second kappa shape index (κ2) is 9.40. The van der Waals surface area contributed by atoms with Gasteiger partial charge in [0.1, 0.15) is 11.4 Å².